The summed E-state index contributed by atoms with van der Waals surface area (Å²) in [6.45, 7) is 1.81. The van der Waals surface area contributed by atoms with Gasteiger partial charge in [-0.05, 0) is 50.2 Å². The fraction of sp³-hybridized carbons (Fsp3) is 0.429. The van der Waals surface area contributed by atoms with Crippen molar-refractivity contribution in [2.24, 2.45) is 0 Å². The SMILES string of the molecule is Cc1coc(CC(=O)O)c1C(=O)N(C1CC1)C1CCCc2ccccc21. The monoisotopic (exact) mass is 353 g/mol. The Morgan fingerprint density at radius 2 is 2.00 bits per heavy atom. The number of amides is 1. The third-order valence-electron chi connectivity index (χ3n) is 5.43. The summed E-state index contributed by atoms with van der Waals surface area (Å²) in [6, 6.07) is 8.66. The first-order chi connectivity index (χ1) is 12.6. The summed E-state index contributed by atoms with van der Waals surface area (Å²) >= 11 is 0. The van der Waals surface area contributed by atoms with Gasteiger partial charge in [0.2, 0.25) is 0 Å². The average Bonchev–Trinajstić information content (AvgIpc) is 3.38. The van der Waals surface area contributed by atoms with Crippen LogP contribution in [0, 0.1) is 6.92 Å². The lowest BCUT2D eigenvalue weighted by Crippen LogP contribution is -2.39. The minimum atomic E-state index is -0.991. The number of furan rings is 1. The van der Waals surface area contributed by atoms with Crippen molar-refractivity contribution in [2.45, 2.75) is 57.5 Å². The van der Waals surface area contributed by atoms with Crippen LogP contribution in [0.2, 0.25) is 0 Å². The van der Waals surface area contributed by atoms with E-state index in [0.717, 1.165) is 32.1 Å². The molecule has 0 aliphatic heterocycles. The molecule has 5 nitrogen and oxygen atoms in total. The van der Waals surface area contributed by atoms with Crippen LogP contribution in [0.1, 0.15) is 64.5 Å². The molecule has 4 rings (SSSR count). The Bertz CT molecular complexity index is 849. The van der Waals surface area contributed by atoms with Gasteiger partial charge in [0.1, 0.15) is 12.2 Å². The molecule has 2 aliphatic carbocycles. The molecule has 0 spiro atoms. The molecule has 1 atom stereocenters. The van der Waals surface area contributed by atoms with Crippen LogP contribution >= 0.6 is 0 Å². The molecule has 136 valence electrons. The lowest BCUT2D eigenvalue weighted by atomic mass is 9.86. The summed E-state index contributed by atoms with van der Waals surface area (Å²) in [5, 5.41) is 9.14. The molecule has 0 saturated heterocycles. The molecule has 1 amide bonds. The van der Waals surface area contributed by atoms with E-state index in [9.17, 15) is 9.59 Å². The molecule has 1 N–H and O–H groups in total. The van der Waals surface area contributed by atoms with E-state index in [4.69, 9.17) is 9.52 Å². The molecule has 26 heavy (non-hydrogen) atoms. The highest BCUT2D eigenvalue weighted by atomic mass is 16.4. The number of rotatable bonds is 5. The standard InChI is InChI=1S/C21H23NO4/c1-13-12-26-18(11-19(23)24)20(13)21(25)22(15-9-10-15)17-8-4-6-14-5-2-3-7-16(14)17/h2-3,5,7,12,15,17H,4,6,8-11H2,1H3,(H,23,24). The Morgan fingerprint density at radius 3 is 2.73 bits per heavy atom. The van der Waals surface area contributed by atoms with Gasteiger partial charge in [0.25, 0.3) is 5.91 Å². The van der Waals surface area contributed by atoms with Crippen molar-refractivity contribution in [3.63, 3.8) is 0 Å². The number of carboxylic acid groups (broad SMARTS) is 1. The first-order valence-corrected chi connectivity index (χ1v) is 9.25. The third kappa shape index (κ3) is 3.02. The van der Waals surface area contributed by atoms with Gasteiger partial charge in [-0.15, -0.1) is 0 Å². The predicted octanol–water partition coefficient (Wildman–Crippen LogP) is 3.90. The molecular formula is C21H23NO4. The number of carbonyl (C=O) groups excluding carboxylic acids is 1. The van der Waals surface area contributed by atoms with E-state index in [1.54, 1.807) is 0 Å². The van der Waals surface area contributed by atoms with Gasteiger partial charge in [-0.2, -0.15) is 0 Å². The normalized spacial score (nSPS) is 19.0. The molecule has 0 bridgehead atoms. The van der Waals surface area contributed by atoms with E-state index in [1.807, 2.05) is 17.9 Å². The first kappa shape index (κ1) is 16.9. The largest absolute Gasteiger partial charge is 0.481 e. The number of aryl methyl sites for hydroxylation is 2. The van der Waals surface area contributed by atoms with Crippen molar-refractivity contribution in [3.05, 3.63) is 58.5 Å². The highest BCUT2D eigenvalue weighted by Crippen LogP contribution is 2.42. The van der Waals surface area contributed by atoms with Gasteiger partial charge in [-0.3, -0.25) is 9.59 Å². The molecule has 1 heterocycles. The van der Waals surface area contributed by atoms with E-state index in [1.165, 1.54) is 17.4 Å². The van der Waals surface area contributed by atoms with Gasteiger partial charge in [-0.1, -0.05) is 24.3 Å². The lowest BCUT2D eigenvalue weighted by molar-refractivity contribution is -0.136. The fourth-order valence-corrected chi connectivity index (χ4v) is 4.11. The maximum atomic E-state index is 13.5. The van der Waals surface area contributed by atoms with Crippen LogP contribution in [0.5, 0.6) is 0 Å². The Kier molecular flexibility index (Phi) is 4.31. The minimum absolute atomic E-state index is 0.0620. The van der Waals surface area contributed by atoms with Gasteiger partial charge in [0, 0.05) is 11.6 Å². The van der Waals surface area contributed by atoms with E-state index in [-0.39, 0.29) is 30.2 Å². The molecule has 2 aliphatic rings. The van der Waals surface area contributed by atoms with Crippen LogP contribution in [0.15, 0.2) is 34.9 Å². The third-order valence-corrected chi connectivity index (χ3v) is 5.43. The quantitative estimate of drug-likeness (QED) is 0.885. The first-order valence-electron chi connectivity index (χ1n) is 9.25. The van der Waals surface area contributed by atoms with Gasteiger partial charge in [0.15, 0.2) is 0 Å². The van der Waals surface area contributed by atoms with Crippen molar-refractivity contribution in [1.29, 1.82) is 0 Å². The number of nitrogens with zero attached hydrogens (tertiary/aromatic N) is 1. The summed E-state index contributed by atoms with van der Waals surface area (Å²) < 4.78 is 5.41. The Labute approximate surface area is 152 Å². The maximum absolute atomic E-state index is 13.5. The zero-order valence-corrected chi connectivity index (χ0v) is 14.9. The lowest BCUT2D eigenvalue weighted by Gasteiger charge is -2.36. The fourth-order valence-electron chi connectivity index (χ4n) is 4.11. The van der Waals surface area contributed by atoms with Crippen molar-refractivity contribution < 1.29 is 19.1 Å². The molecule has 2 aromatic rings. The molecular weight excluding hydrogens is 330 g/mol. The smallest absolute Gasteiger partial charge is 0.311 e. The highest BCUT2D eigenvalue weighted by Gasteiger charge is 2.41. The van der Waals surface area contributed by atoms with Crippen LogP contribution in [0.25, 0.3) is 0 Å². The molecule has 1 aromatic heterocycles. The summed E-state index contributed by atoms with van der Waals surface area (Å²) in [4.78, 5) is 26.6. The topological polar surface area (TPSA) is 70.7 Å². The number of aliphatic carboxylic acids is 1. The van der Waals surface area contributed by atoms with Crippen LogP contribution in [0.4, 0.5) is 0 Å². The van der Waals surface area contributed by atoms with E-state index < -0.39 is 5.97 Å². The second-order valence-electron chi connectivity index (χ2n) is 7.34. The van der Waals surface area contributed by atoms with Crippen LogP contribution in [0.3, 0.4) is 0 Å². The maximum Gasteiger partial charge on any atom is 0.311 e. The van der Waals surface area contributed by atoms with Crippen LogP contribution in [-0.2, 0) is 17.6 Å². The van der Waals surface area contributed by atoms with Crippen molar-refractivity contribution in [3.8, 4) is 0 Å². The Morgan fingerprint density at radius 1 is 1.23 bits per heavy atom. The number of carboxylic acids is 1. The van der Waals surface area contributed by atoms with Crippen molar-refractivity contribution >= 4 is 11.9 Å². The minimum Gasteiger partial charge on any atom is -0.481 e. The Hall–Kier alpha value is -2.56. The van der Waals surface area contributed by atoms with Crippen molar-refractivity contribution in [1.82, 2.24) is 4.90 Å². The zero-order chi connectivity index (χ0) is 18.3. The van der Waals surface area contributed by atoms with Gasteiger partial charge < -0.3 is 14.4 Å². The summed E-state index contributed by atoms with van der Waals surface area (Å²) in [6.07, 6.45) is 6.30. The number of hydrogen-bond acceptors (Lipinski definition) is 3. The average molecular weight is 353 g/mol. The second kappa shape index (κ2) is 6.63. The summed E-state index contributed by atoms with van der Waals surface area (Å²) in [5.41, 5.74) is 3.69. The van der Waals surface area contributed by atoms with Crippen LogP contribution in [-0.4, -0.2) is 27.9 Å². The predicted molar refractivity (Wildman–Crippen MR) is 96.1 cm³/mol. The zero-order valence-electron chi connectivity index (χ0n) is 14.9. The molecule has 1 unspecified atom stereocenters. The molecule has 5 heteroatoms. The summed E-state index contributed by atoms with van der Waals surface area (Å²) in [5.74, 6) is -0.819. The second-order valence-corrected chi connectivity index (χ2v) is 7.34. The van der Waals surface area contributed by atoms with Crippen molar-refractivity contribution in [2.75, 3.05) is 0 Å². The van der Waals surface area contributed by atoms with E-state index in [0.29, 0.717) is 11.1 Å². The van der Waals surface area contributed by atoms with Gasteiger partial charge >= 0.3 is 5.97 Å². The van der Waals surface area contributed by atoms with E-state index >= 15 is 0 Å². The number of fused-ring (bicyclic) bond motifs is 1. The van der Waals surface area contributed by atoms with Gasteiger partial charge in [-0.25, -0.2) is 0 Å². The van der Waals surface area contributed by atoms with Gasteiger partial charge in [0.05, 0.1) is 17.9 Å². The molecule has 1 fully saturated rings. The molecule has 1 saturated carbocycles. The summed E-state index contributed by atoms with van der Waals surface area (Å²) in [7, 11) is 0. The highest BCUT2D eigenvalue weighted by molar-refractivity contribution is 5.98. The number of carbonyl (C=O) groups is 2. The Balaban J connectivity index is 1.72. The number of benzene rings is 1. The molecule has 1 aromatic carbocycles. The van der Waals surface area contributed by atoms with E-state index in [2.05, 4.69) is 18.2 Å². The molecule has 0 radical (unpaired) electrons. The van der Waals surface area contributed by atoms with Crippen LogP contribution < -0.4 is 0 Å². The number of hydrogen-bond donors (Lipinski definition) is 1.